The van der Waals surface area contributed by atoms with Gasteiger partial charge in [-0.2, -0.15) is 11.8 Å². The molecule has 0 saturated carbocycles. The Kier molecular flexibility index (Phi) is 4.80. The lowest BCUT2D eigenvalue weighted by Gasteiger charge is -2.39. The van der Waals surface area contributed by atoms with Crippen LogP contribution in [0.15, 0.2) is 21.8 Å². The minimum atomic E-state index is -0.375. The summed E-state index contributed by atoms with van der Waals surface area (Å²) in [5, 5.41) is 12.1. The van der Waals surface area contributed by atoms with Gasteiger partial charge in [-0.05, 0) is 35.0 Å². The highest BCUT2D eigenvalue weighted by molar-refractivity contribution is 9.10. The minimum absolute atomic E-state index is 0.113. The highest BCUT2D eigenvalue weighted by atomic mass is 79.9. The Balaban J connectivity index is 2.41. The second kappa shape index (κ2) is 6.22. The van der Waals surface area contributed by atoms with Crippen LogP contribution in [0.1, 0.15) is 19.4 Å². The molecule has 1 aromatic carbocycles. The van der Waals surface area contributed by atoms with Gasteiger partial charge >= 0.3 is 0 Å². The van der Waals surface area contributed by atoms with Gasteiger partial charge < -0.3 is 15.8 Å². The Morgan fingerprint density at radius 1 is 1.55 bits per heavy atom. The number of halogens is 2. The Bertz CT molecular complexity index is 541. The second-order valence-corrected chi connectivity index (χ2v) is 7.03. The maximum Gasteiger partial charge on any atom is 0.171 e. The van der Waals surface area contributed by atoms with E-state index in [0.29, 0.717) is 16.5 Å². The predicted octanol–water partition coefficient (Wildman–Crippen LogP) is 3.01. The largest absolute Gasteiger partial charge is 0.409 e. The number of oxime groups is 1. The van der Waals surface area contributed by atoms with Crippen molar-refractivity contribution in [1.82, 2.24) is 0 Å². The van der Waals surface area contributed by atoms with Gasteiger partial charge in [-0.1, -0.05) is 12.1 Å². The Labute approximate surface area is 130 Å². The van der Waals surface area contributed by atoms with Gasteiger partial charge in [-0.3, -0.25) is 0 Å². The molecule has 110 valence electrons. The summed E-state index contributed by atoms with van der Waals surface area (Å²) in [5.74, 6) is 0.489. The summed E-state index contributed by atoms with van der Waals surface area (Å²) in [5.41, 5.74) is 6.42. The highest BCUT2D eigenvalue weighted by Gasteiger charge is 2.28. The number of nitrogens with two attached hydrogens (primary N) is 1. The number of benzene rings is 1. The van der Waals surface area contributed by atoms with E-state index >= 15 is 0 Å². The fourth-order valence-electron chi connectivity index (χ4n) is 2.29. The molecule has 1 aromatic rings. The van der Waals surface area contributed by atoms with Crippen LogP contribution in [0.4, 0.5) is 10.1 Å². The summed E-state index contributed by atoms with van der Waals surface area (Å²) in [7, 11) is 0. The number of hydrogen-bond acceptors (Lipinski definition) is 4. The van der Waals surface area contributed by atoms with Crippen LogP contribution in [0.2, 0.25) is 0 Å². The number of thioether (sulfide) groups is 1. The number of rotatable bonds is 2. The van der Waals surface area contributed by atoms with E-state index in [4.69, 9.17) is 10.9 Å². The Morgan fingerprint density at radius 3 is 2.90 bits per heavy atom. The summed E-state index contributed by atoms with van der Waals surface area (Å²) in [4.78, 5) is 2.07. The van der Waals surface area contributed by atoms with Gasteiger partial charge in [-0.15, -0.1) is 0 Å². The fraction of sp³-hybridized carbons (Fsp3) is 0.462. The summed E-state index contributed by atoms with van der Waals surface area (Å²) in [6.45, 7) is 5.06. The Morgan fingerprint density at radius 2 is 2.25 bits per heavy atom. The molecule has 2 atom stereocenters. The molecular formula is C13H17BrFN3OS. The van der Waals surface area contributed by atoms with Gasteiger partial charge in [-0.25, -0.2) is 4.39 Å². The van der Waals surface area contributed by atoms with Gasteiger partial charge in [0.1, 0.15) is 0 Å². The average Bonchev–Trinajstić information content (AvgIpc) is 2.44. The van der Waals surface area contributed by atoms with E-state index in [9.17, 15) is 4.39 Å². The van der Waals surface area contributed by atoms with E-state index < -0.39 is 0 Å². The van der Waals surface area contributed by atoms with E-state index in [1.165, 1.54) is 0 Å². The third-order valence-corrected chi connectivity index (χ3v) is 5.75. The van der Waals surface area contributed by atoms with Gasteiger partial charge in [0.25, 0.3) is 0 Å². The molecule has 0 spiro atoms. The van der Waals surface area contributed by atoms with Gasteiger partial charge in [0.15, 0.2) is 11.7 Å². The van der Waals surface area contributed by atoms with Crippen molar-refractivity contribution in [3.05, 3.63) is 28.0 Å². The molecular weight excluding hydrogens is 345 g/mol. The molecule has 2 unspecified atom stereocenters. The first-order chi connectivity index (χ1) is 9.47. The zero-order valence-electron chi connectivity index (χ0n) is 11.3. The molecule has 0 amide bonds. The van der Waals surface area contributed by atoms with Crippen LogP contribution in [0, 0.1) is 5.82 Å². The van der Waals surface area contributed by atoms with Crippen LogP contribution in [-0.4, -0.2) is 34.6 Å². The molecule has 0 aliphatic carbocycles. The van der Waals surface area contributed by atoms with Crippen molar-refractivity contribution in [1.29, 1.82) is 0 Å². The van der Waals surface area contributed by atoms with Gasteiger partial charge in [0, 0.05) is 29.2 Å². The lowest BCUT2D eigenvalue weighted by atomic mass is 10.1. The van der Waals surface area contributed by atoms with E-state index in [2.05, 4.69) is 39.8 Å². The Hall–Kier alpha value is -0.950. The molecule has 4 nitrogen and oxygen atoms in total. The molecule has 3 N–H and O–H groups in total. The summed E-state index contributed by atoms with van der Waals surface area (Å²) >= 11 is 5.09. The standard InChI is InChI=1S/C13H17BrFN3OS/c1-7-8(2)20-6-5-18(7)10-4-3-9(13(16)17-19)11(14)12(10)15/h3-4,7-8,19H,5-6H2,1-2H3,(H2,16,17). The molecule has 0 radical (unpaired) electrons. The van der Waals surface area contributed by atoms with E-state index in [0.717, 1.165) is 12.3 Å². The third kappa shape index (κ3) is 2.74. The van der Waals surface area contributed by atoms with Crippen LogP contribution in [0.5, 0.6) is 0 Å². The topological polar surface area (TPSA) is 61.8 Å². The van der Waals surface area contributed by atoms with Crippen LogP contribution in [0.25, 0.3) is 0 Å². The maximum absolute atomic E-state index is 14.6. The maximum atomic E-state index is 14.6. The lowest BCUT2D eigenvalue weighted by molar-refractivity contribution is 0.318. The fourth-order valence-corrected chi connectivity index (χ4v) is 3.92. The number of amidine groups is 1. The van der Waals surface area contributed by atoms with Crippen LogP contribution < -0.4 is 10.6 Å². The van der Waals surface area contributed by atoms with Crippen molar-refractivity contribution < 1.29 is 9.60 Å². The zero-order valence-corrected chi connectivity index (χ0v) is 13.7. The molecule has 1 aliphatic rings. The first kappa shape index (κ1) is 15.4. The molecule has 0 bridgehead atoms. The molecule has 7 heteroatoms. The molecule has 1 heterocycles. The van der Waals surface area contributed by atoms with Crippen molar-refractivity contribution in [2.24, 2.45) is 10.9 Å². The van der Waals surface area contributed by atoms with E-state index in [1.807, 2.05) is 11.8 Å². The lowest BCUT2D eigenvalue weighted by Crippen LogP contribution is -2.45. The van der Waals surface area contributed by atoms with Crippen molar-refractivity contribution >= 4 is 39.2 Å². The average molecular weight is 362 g/mol. The zero-order chi connectivity index (χ0) is 14.9. The molecule has 1 fully saturated rings. The normalized spacial score (nSPS) is 24.0. The summed E-state index contributed by atoms with van der Waals surface area (Å²) in [6, 6.07) is 3.61. The quantitative estimate of drug-likeness (QED) is 0.368. The monoisotopic (exact) mass is 361 g/mol. The van der Waals surface area contributed by atoms with Gasteiger partial charge in [0.2, 0.25) is 0 Å². The predicted molar refractivity (Wildman–Crippen MR) is 85.3 cm³/mol. The van der Waals surface area contributed by atoms with Gasteiger partial charge in [0.05, 0.1) is 10.2 Å². The number of nitrogens with zero attached hydrogens (tertiary/aromatic N) is 2. The number of hydrogen-bond donors (Lipinski definition) is 2. The van der Waals surface area contributed by atoms with Crippen molar-refractivity contribution in [2.45, 2.75) is 25.1 Å². The molecule has 20 heavy (non-hydrogen) atoms. The first-order valence-electron chi connectivity index (χ1n) is 6.31. The molecule has 0 aromatic heterocycles. The first-order valence-corrected chi connectivity index (χ1v) is 8.15. The summed E-state index contributed by atoms with van der Waals surface area (Å²) < 4.78 is 14.8. The highest BCUT2D eigenvalue weighted by Crippen LogP contribution is 2.34. The van der Waals surface area contributed by atoms with Crippen molar-refractivity contribution in [3.8, 4) is 0 Å². The number of anilines is 1. The SMILES string of the molecule is CC1SCCN(c2ccc(/C(N)=N/O)c(Br)c2F)C1C. The van der Waals surface area contributed by atoms with Crippen molar-refractivity contribution in [2.75, 3.05) is 17.2 Å². The minimum Gasteiger partial charge on any atom is -0.409 e. The van der Waals surface area contributed by atoms with Crippen LogP contribution in [-0.2, 0) is 0 Å². The van der Waals surface area contributed by atoms with E-state index in [-0.39, 0.29) is 22.2 Å². The second-order valence-electron chi connectivity index (χ2n) is 4.76. The third-order valence-electron chi connectivity index (χ3n) is 3.64. The molecule has 1 aliphatic heterocycles. The molecule has 2 rings (SSSR count). The molecule has 1 saturated heterocycles. The summed E-state index contributed by atoms with van der Waals surface area (Å²) in [6.07, 6.45) is 0. The van der Waals surface area contributed by atoms with Crippen LogP contribution >= 0.6 is 27.7 Å². The van der Waals surface area contributed by atoms with E-state index in [1.54, 1.807) is 12.1 Å². The van der Waals surface area contributed by atoms with Crippen LogP contribution in [0.3, 0.4) is 0 Å². The van der Waals surface area contributed by atoms with Crippen molar-refractivity contribution in [3.63, 3.8) is 0 Å². The smallest absolute Gasteiger partial charge is 0.171 e.